The van der Waals surface area contributed by atoms with Crippen molar-refractivity contribution in [1.29, 1.82) is 0 Å². The molecule has 1 amide bonds. The second-order valence-electron chi connectivity index (χ2n) is 4.73. The van der Waals surface area contributed by atoms with Crippen LogP contribution in [0.3, 0.4) is 0 Å². The maximum atomic E-state index is 12.1. The average Bonchev–Trinajstić information content (AvgIpc) is 2.35. The van der Waals surface area contributed by atoms with Crippen LogP contribution in [0.5, 0.6) is 5.75 Å². The van der Waals surface area contributed by atoms with Crippen LogP contribution in [0.25, 0.3) is 0 Å². The number of carbonyl (C=O) groups excluding carboxylic acids is 2. The van der Waals surface area contributed by atoms with E-state index in [4.69, 9.17) is 4.74 Å². The van der Waals surface area contributed by atoms with Crippen LogP contribution >= 0.6 is 0 Å². The number of aliphatic hydroxyl groups excluding tert-OH is 1. The average molecular weight is 263 g/mol. The van der Waals surface area contributed by atoms with Crippen LogP contribution in [0.1, 0.15) is 13.8 Å². The van der Waals surface area contributed by atoms with Crippen molar-refractivity contribution >= 4 is 17.4 Å². The van der Waals surface area contributed by atoms with E-state index in [9.17, 15) is 14.7 Å². The van der Waals surface area contributed by atoms with Crippen molar-refractivity contribution in [2.45, 2.75) is 26.0 Å². The van der Waals surface area contributed by atoms with E-state index in [2.05, 4.69) is 0 Å². The van der Waals surface area contributed by atoms with Gasteiger partial charge in [-0.05, 0) is 38.1 Å². The van der Waals surface area contributed by atoms with Gasteiger partial charge in [0.2, 0.25) is 5.91 Å². The molecule has 1 aromatic rings. The number of benzene rings is 1. The van der Waals surface area contributed by atoms with Gasteiger partial charge in [0.15, 0.2) is 5.78 Å². The Morgan fingerprint density at radius 3 is 2.37 bits per heavy atom. The molecule has 1 saturated heterocycles. The number of carbonyl (C=O) groups is 2. The number of ketones is 1. The monoisotopic (exact) mass is 263 g/mol. The fourth-order valence-corrected chi connectivity index (χ4v) is 2.45. The Kier molecular flexibility index (Phi) is 3.57. The van der Waals surface area contributed by atoms with Crippen molar-refractivity contribution in [2.75, 3.05) is 12.0 Å². The van der Waals surface area contributed by atoms with Gasteiger partial charge < -0.3 is 14.7 Å². The third-order valence-electron chi connectivity index (χ3n) is 3.43. The molecule has 19 heavy (non-hydrogen) atoms. The number of Topliss-reactive ketones (excluding diaryl/α,β-unsaturated/α-hetero) is 1. The van der Waals surface area contributed by atoms with Crippen LogP contribution in [-0.4, -0.2) is 36.1 Å². The molecule has 0 aromatic heterocycles. The number of hydrogen-bond donors (Lipinski definition) is 1. The minimum absolute atomic E-state index is 0.124. The van der Waals surface area contributed by atoms with E-state index >= 15 is 0 Å². The zero-order valence-electron chi connectivity index (χ0n) is 11.2. The first-order chi connectivity index (χ1) is 8.97. The standard InChI is InChI=1S/C14H17NO4/c1-8(16)12-13(9(2)17)15(14(12)18)10-4-6-11(19-3)7-5-10/h4-8,12-13,16H,1-3H3/t8-,12-,13-/m1/s1. The summed E-state index contributed by atoms with van der Waals surface area (Å²) < 4.78 is 5.05. The highest BCUT2D eigenvalue weighted by Crippen LogP contribution is 2.35. The maximum Gasteiger partial charge on any atom is 0.235 e. The summed E-state index contributed by atoms with van der Waals surface area (Å²) in [7, 11) is 1.56. The van der Waals surface area contributed by atoms with Crippen molar-refractivity contribution < 1.29 is 19.4 Å². The second-order valence-corrected chi connectivity index (χ2v) is 4.73. The number of β-lactam (4-membered cyclic amide) rings is 1. The molecule has 0 bridgehead atoms. The van der Waals surface area contributed by atoms with Crippen molar-refractivity contribution in [3.8, 4) is 5.75 Å². The van der Waals surface area contributed by atoms with E-state index in [-0.39, 0.29) is 11.7 Å². The number of methoxy groups -OCH3 is 1. The molecular formula is C14H17NO4. The Labute approximate surface area is 111 Å². The van der Waals surface area contributed by atoms with Crippen LogP contribution in [0.4, 0.5) is 5.69 Å². The summed E-state index contributed by atoms with van der Waals surface area (Å²) in [5.41, 5.74) is 0.642. The van der Waals surface area contributed by atoms with Crippen molar-refractivity contribution in [2.24, 2.45) is 5.92 Å². The second kappa shape index (κ2) is 5.01. The summed E-state index contributed by atoms with van der Waals surface area (Å²) in [5, 5.41) is 9.59. The Balaban J connectivity index is 2.28. The van der Waals surface area contributed by atoms with Gasteiger partial charge in [-0.15, -0.1) is 0 Å². The molecule has 0 aliphatic carbocycles. The summed E-state index contributed by atoms with van der Waals surface area (Å²) in [5.74, 6) is -0.301. The fraction of sp³-hybridized carbons (Fsp3) is 0.429. The molecule has 5 nitrogen and oxygen atoms in total. The highest BCUT2D eigenvalue weighted by molar-refractivity contribution is 6.12. The Bertz CT molecular complexity index is 495. The van der Waals surface area contributed by atoms with E-state index in [0.717, 1.165) is 0 Å². The summed E-state index contributed by atoms with van der Waals surface area (Å²) in [6.45, 7) is 2.97. The lowest BCUT2D eigenvalue weighted by Gasteiger charge is -2.46. The molecule has 1 aromatic carbocycles. The molecule has 1 fully saturated rings. The molecule has 102 valence electrons. The lowest BCUT2D eigenvalue weighted by molar-refractivity contribution is -0.141. The molecule has 0 radical (unpaired) electrons. The number of rotatable bonds is 4. The van der Waals surface area contributed by atoms with Crippen molar-refractivity contribution in [3.05, 3.63) is 24.3 Å². The van der Waals surface area contributed by atoms with E-state index in [1.807, 2.05) is 0 Å². The molecule has 1 N–H and O–H groups in total. The lowest BCUT2D eigenvalue weighted by Crippen LogP contribution is -2.67. The van der Waals surface area contributed by atoms with E-state index in [1.54, 1.807) is 31.4 Å². The molecular weight excluding hydrogens is 246 g/mol. The van der Waals surface area contributed by atoms with Crippen LogP contribution in [0, 0.1) is 5.92 Å². The third-order valence-corrected chi connectivity index (χ3v) is 3.43. The molecule has 0 saturated carbocycles. The molecule has 1 aliphatic rings. The quantitative estimate of drug-likeness (QED) is 0.823. The van der Waals surface area contributed by atoms with Gasteiger partial charge in [0, 0.05) is 5.69 Å². The maximum absolute atomic E-state index is 12.1. The predicted octanol–water partition coefficient (Wildman–Crippen LogP) is 0.996. The van der Waals surface area contributed by atoms with Crippen LogP contribution in [0.2, 0.25) is 0 Å². The topological polar surface area (TPSA) is 66.8 Å². The van der Waals surface area contributed by atoms with Crippen molar-refractivity contribution in [3.63, 3.8) is 0 Å². The number of aliphatic hydroxyl groups is 1. The molecule has 1 aliphatic heterocycles. The van der Waals surface area contributed by atoms with Gasteiger partial charge in [-0.3, -0.25) is 9.59 Å². The largest absolute Gasteiger partial charge is 0.497 e. The summed E-state index contributed by atoms with van der Waals surface area (Å²) in [6, 6.07) is 6.34. The first kappa shape index (κ1) is 13.5. The summed E-state index contributed by atoms with van der Waals surface area (Å²) in [6.07, 6.45) is -0.823. The lowest BCUT2D eigenvalue weighted by atomic mass is 9.80. The summed E-state index contributed by atoms with van der Waals surface area (Å²) >= 11 is 0. The van der Waals surface area contributed by atoms with E-state index in [0.29, 0.717) is 11.4 Å². The third kappa shape index (κ3) is 2.21. The van der Waals surface area contributed by atoms with Gasteiger partial charge in [0.1, 0.15) is 11.8 Å². The molecule has 2 rings (SSSR count). The predicted molar refractivity (Wildman–Crippen MR) is 70.1 cm³/mol. The van der Waals surface area contributed by atoms with Crippen LogP contribution < -0.4 is 9.64 Å². The normalized spacial score (nSPS) is 23.8. The first-order valence-electron chi connectivity index (χ1n) is 6.13. The van der Waals surface area contributed by atoms with E-state index < -0.39 is 18.1 Å². The number of anilines is 1. The number of amides is 1. The molecule has 5 heteroatoms. The molecule has 1 heterocycles. The van der Waals surface area contributed by atoms with Gasteiger partial charge in [0.05, 0.1) is 19.1 Å². The number of nitrogens with zero attached hydrogens (tertiary/aromatic N) is 1. The zero-order valence-corrected chi connectivity index (χ0v) is 11.2. The first-order valence-corrected chi connectivity index (χ1v) is 6.13. The van der Waals surface area contributed by atoms with Gasteiger partial charge in [-0.25, -0.2) is 0 Å². The SMILES string of the molecule is COc1ccc(N2C(=O)[C@H]([C@@H](C)O)[C@H]2C(C)=O)cc1. The minimum atomic E-state index is -0.823. The number of ether oxygens (including phenoxy) is 1. The van der Waals surface area contributed by atoms with Gasteiger partial charge in [0.25, 0.3) is 0 Å². The highest BCUT2D eigenvalue weighted by Gasteiger charge is 2.52. The Morgan fingerprint density at radius 1 is 1.37 bits per heavy atom. The zero-order chi connectivity index (χ0) is 14.2. The summed E-state index contributed by atoms with van der Waals surface area (Å²) in [4.78, 5) is 25.1. The van der Waals surface area contributed by atoms with Gasteiger partial charge in [-0.2, -0.15) is 0 Å². The van der Waals surface area contributed by atoms with Gasteiger partial charge in [-0.1, -0.05) is 0 Å². The van der Waals surface area contributed by atoms with Crippen LogP contribution in [0.15, 0.2) is 24.3 Å². The Hall–Kier alpha value is -1.88. The molecule has 3 atom stereocenters. The van der Waals surface area contributed by atoms with Crippen LogP contribution in [-0.2, 0) is 9.59 Å². The van der Waals surface area contributed by atoms with E-state index in [1.165, 1.54) is 18.7 Å². The molecule has 0 unspecified atom stereocenters. The van der Waals surface area contributed by atoms with Crippen molar-refractivity contribution in [1.82, 2.24) is 0 Å². The minimum Gasteiger partial charge on any atom is -0.497 e. The smallest absolute Gasteiger partial charge is 0.235 e. The van der Waals surface area contributed by atoms with Gasteiger partial charge >= 0.3 is 0 Å². The highest BCUT2D eigenvalue weighted by atomic mass is 16.5. The molecule has 0 spiro atoms. The number of hydrogen-bond acceptors (Lipinski definition) is 4. The fourth-order valence-electron chi connectivity index (χ4n) is 2.45. The Morgan fingerprint density at radius 2 is 1.95 bits per heavy atom.